The first-order valence-electron chi connectivity index (χ1n) is 8.11. The van der Waals surface area contributed by atoms with E-state index >= 15 is 0 Å². The number of nitrogens with one attached hydrogen (secondary N) is 1. The highest BCUT2D eigenvalue weighted by atomic mass is 32.2. The zero-order valence-corrected chi connectivity index (χ0v) is 15.4. The van der Waals surface area contributed by atoms with E-state index in [0.717, 1.165) is 0 Å². The van der Waals surface area contributed by atoms with Crippen LogP contribution in [0.15, 0.2) is 41.8 Å². The van der Waals surface area contributed by atoms with E-state index in [4.69, 9.17) is 0 Å². The number of carbonyl (C=O) groups is 1. The van der Waals surface area contributed by atoms with Crippen molar-refractivity contribution in [3.63, 3.8) is 0 Å². The smallest absolute Gasteiger partial charge is 0.251 e. The van der Waals surface area contributed by atoms with Crippen molar-refractivity contribution in [2.45, 2.75) is 23.5 Å². The number of hydrogen-bond donors (Lipinski definition) is 2. The molecule has 0 unspecified atom stereocenters. The second-order valence-corrected chi connectivity index (χ2v) is 8.21. The minimum absolute atomic E-state index is 0.0398. The maximum atomic E-state index is 12.9. The fourth-order valence-electron chi connectivity index (χ4n) is 2.92. The molecule has 0 saturated carbocycles. The Morgan fingerprint density at radius 2 is 2.20 bits per heavy atom. The van der Waals surface area contributed by atoms with Gasteiger partial charge in [-0.3, -0.25) is 4.79 Å². The van der Waals surface area contributed by atoms with Gasteiger partial charge in [0.05, 0.1) is 11.0 Å². The normalized spacial score (nSPS) is 21.9. The zero-order chi connectivity index (χ0) is 18.6. The Balaban J connectivity index is 2.20. The number of β-amino-alcohol motifs (C(OH)–C–C–N with tert-alkyl or cyclic N) is 1. The molecular formula is C17H25N3O4S. The van der Waals surface area contributed by atoms with Gasteiger partial charge in [-0.05, 0) is 38.7 Å². The molecule has 1 heterocycles. The summed E-state index contributed by atoms with van der Waals surface area (Å²) in [6, 6.07) is 5.85. The summed E-state index contributed by atoms with van der Waals surface area (Å²) in [5, 5.41) is 12.9. The second kappa shape index (κ2) is 8.09. The van der Waals surface area contributed by atoms with Crippen LogP contribution in [0.1, 0.15) is 16.8 Å². The van der Waals surface area contributed by atoms with Gasteiger partial charge in [0.1, 0.15) is 0 Å². The third-order valence-electron chi connectivity index (χ3n) is 4.31. The largest absolute Gasteiger partial charge is 0.390 e. The molecule has 1 amide bonds. The summed E-state index contributed by atoms with van der Waals surface area (Å²) in [7, 11) is -0.0370. The molecule has 1 aliphatic rings. The van der Waals surface area contributed by atoms with E-state index in [-0.39, 0.29) is 29.0 Å². The number of nitrogens with zero attached hydrogens (tertiary/aromatic N) is 2. The first-order valence-corrected chi connectivity index (χ1v) is 9.55. The van der Waals surface area contributed by atoms with Crippen LogP contribution in [0.3, 0.4) is 0 Å². The van der Waals surface area contributed by atoms with Gasteiger partial charge in [-0.15, -0.1) is 6.58 Å². The van der Waals surface area contributed by atoms with Gasteiger partial charge in [0.25, 0.3) is 5.91 Å². The lowest BCUT2D eigenvalue weighted by atomic mass is 10.0. The van der Waals surface area contributed by atoms with Crippen LogP contribution in [-0.2, 0) is 10.0 Å². The van der Waals surface area contributed by atoms with Crippen LogP contribution in [-0.4, -0.2) is 74.5 Å². The molecule has 0 radical (unpaired) electrons. The number of piperidine rings is 1. The van der Waals surface area contributed by atoms with Crippen LogP contribution in [0.2, 0.25) is 0 Å². The molecule has 1 aliphatic heterocycles. The summed E-state index contributed by atoms with van der Waals surface area (Å²) >= 11 is 0. The van der Waals surface area contributed by atoms with Crippen molar-refractivity contribution in [1.82, 2.24) is 14.5 Å². The first kappa shape index (κ1) is 19.6. The summed E-state index contributed by atoms with van der Waals surface area (Å²) in [5.74, 6) is -0.358. The molecule has 2 atom stereocenters. The number of hydrogen-bond acceptors (Lipinski definition) is 5. The average molecular weight is 367 g/mol. The van der Waals surface area contributed by atoms with E-state index in [9.17, 15) is 18.3 Å². The maximum Gasteiger partial charge on any atom is 0.251 e. The molecule has 1 aromatic rings. The maximum absolute atomic E-state index is 12.9. The number of benzene rings is 1. The van der Waals surface area contributed by atoms with Gasteiger partial charge in [0, 0.05) is 31.2 Å². The lowest BCUT2D eigenvalue weighted by Gasteiger charge is -2.38. The van der Waals surface area contributed by atoms with Gasteiger partial charge in [-0.25, -0.2) is 8.42 Å². The minimum atomic E-state index is -3.77. The van der Waals surface area contributed by atoms with Crippen molar-refractivity contribution < 1.29 is 18.3 Å². The fourth-order valence-corrected chi connectivity index (χ4v) is 4.44. The second-order valence-electron chi connectivity index (χ2n) is 6.28. The monoisotopic (exact) mass is 367 g/mol. The topological polar surface area (TPSA) is 90.0 Å². The number of sulfonamides is 1. The van der Waals surface area contributed by atoms with Crippen LogP contribution in [0.4, 0.5) is 0 Å². The van der Waals surface area contributed by atoms with Gasteiger partial charge < -0.3 is 15.3 Å². The molecule has 7 nitrogen and oxygen atoms in total. The van der Waals surface area contributed by atoms with Crippen molar-refractivity contribution >= 4 is 15.9 Å². The standard InChI is InChI=1S/C17H25N3O4S/c1-4-9-18-17(22)13-6-5-7-14(11-13)25(23,24)20-10-8-15(19(2)3)16(21)12-20/h4-7,11,15-16,21H,1,8-10,12H2,2-3H3,(H,18,22)/t15-,16-/m0/s1. The third-order valence-corrected chi connectivity index (χ3v) is 6.17. The molecule has 2 N–H and O–H groups in total. The molecule has 1 fully saturated rings. The van der Waals surface area contributed by atoms with Crippen LogP contribution < -0.4 is 5.32 Å². The highest BCUT2D eigenvalue weighted by Gasteiger charge is 2.35. The van der Waals surface area contributed by atoms with Gasteiger partial charge >= 0.3 is 0 Å². The number of aliphatic hydroxyl groups is 1. The van der Waals surface area contributed by atoms with Crippen LogP contribution in [0, 0.1) is 0 Å². The summed E-state index contributed by atoms with van der Waals surface area (Å²) in [4.78, 5) is 14.0. The molecule has 25 heavy (non-hydrogen) atoms. The molecule has 0 spiro atoms. The predicted molar refractivity (Wildman–Crippen MR) is 95.8 cm³/mol. The summed E-state index contributed by atoms with van der Waals surface area (Å²) in [5.41, 5.74) is 0.270. The Morgan fingerprint density at radius 3 is 2.80 bits per heavy atom. The quantitative estimate of drug-likeness (QED) is 0.706. The summed E-state index contributed by atoms with van der Waals surface area (Å²) in [6.45, 7) is 4.20. The number of rotatable bonds is 6. The average Bonchev–Trinajstić information content (AvgIpc) is 2.59. The van der Waals surface area contributed by atoms with Crippen LogP contribution in [0.5, 0.6) is 0 Å². The Hall–Kier alpha value is -1.74. The number of aliphatic hydroxyl groups excluding tert-OH is 1. The Morgan fingerprint density at radius 1 is 1.48 bits per heavy atom. The third kappa shape index (κ3) is 4.46. The Kier molecular flexibility index (Phi) is 6.34. The van der Waals surface area contributed by atoms with E-state index in [2.05, 4.69) is 11.9 Å². The van der Waals surface area contributed by atoms with Crippen LogP contribution >= 0.6 is 0 Å². The Bertz CT molecular complexity index is 733. The SMILES string of the molecule is C=CCNC(=O)c1cccc(S(=O)(=O)N2CC[C@H](N(C)C)[C@@H](O)C2)c1. The number of likely N-dealkylation sites (N-methyl/N-ethyl adjacent to an activating group) is 1. The number of amides is 1. The number of carbonyl (C=O) groups excluding carboxylic acids is 1. The highest BCUT2D eigenvalue weighted by molar-refractivity contribution is 7.89. The zero-order valence-electron chi connectivity index (χ0n) is 14.6. The van der Waals surface area contributed by atoms with Crippen LogP contribution in [0.25, 0.3) is 0 Å². The minimum Gasteiger partial charge on any atom is -0.390 e. The summed E-state index contributed by atoms with van der Waals surface area (Å²) < 4.78 is 27.0. The van der Waals surface area contributed by atoms with Crippen molar-refractivity contribution in [3.05, 3.63) is 42.5 Å². The molecule has 138 valence electrons. The van der Waals surface area contributed by atoms with Gasteiger partial charge in [0.15, 0.2) is 0 Å². The highest BCUT2D eigenvalue weighted by Crippen LogP contribution is 2.23. The first-order chi connectivity index (χ1) is 11.8. The molecule has 0 aromatic heterocycles. The lowest BCUT2D eigenvalue weighted by Crippen LogP contribution is -2.53. The van der Waals surface area contributed by atoms with Gasteiger partial charge in [0.2, 0.25) is 10.0 Å². The van der Waals surface area contributed by atoms with E-state index in [1.54, 1.807) is 18.2 Å². The molecular weight excluding hydrogens is 342 g/mol. The van der Waals surface area contributed by atoms with E-state index in [1.165, 1.54) is 16.4 Å². The lowest BCUT2D eigenvalue weighted by molar-refractivity contribution is 0.0291. The molecule has 8 heteroatoms. The molecule has 2 rings (SSSR count). The molecule has 0 aliphatic carbocycles. The van der Waals surface area contributed by atoms with E-state index in [1.807, 2.05) is 19.0 Å². The van der Waals surface area contributed by atoms with E-state index in [0.29, 0.717) is 19.5 Å². The molecule has 1 aromatic carbocycles. The summed E-state index contributed by atoms with van der Waals surface area (Å²) in [6.07, 6.45) is 1.35. The van der Waals surface area contributed by atoms with E-state index < -0.39 is 16.1 Å². The molecule has 1 saturated heterocycles. The van der Waals surface area contributed by atoms with Gasteiger partial charge in [-0.2, -0.15) is 4.31 Å². The van der Waals surface area contributed by atoms with Crippen molar-refractivity contribution in [3.8, 4) is 0 Å². The van der Waals surface area contributed by atoms with Crippen molar-refractivity contribution in [1.29, 1.82) is 0 Å². The predicted octanol–water partition coefficient (Wildman–Crippen LogP) is 0.288. The van der Waals surface area contributed by atoms with Crippen molar-refractivity contribution in [2.75, 3.05) is 33.7 Å². The Labute approximate surface area is 149 Å². The fraction of sp³-hybridized carbons (Fsp3) is 0.471. The molecule has 0 bridgehead atoms. The van der Waals surface area contributed by atoms with Gasteiger partial charge in [-0.1, -0.05) is 12.1 Å². The van der Waals surface area contributed by atoms with Crippen molar-refractivity contribution in [2.24, 2.45) is 0 Å².